The first kappa shape index (κ1) is 21.2. The molecule has 0 radical (unpaired) electrons. The molecule has 0 saturated heterocycles. The predicted molar refractivity (Wildman–Crippen MR) is 109 cm³/mol. The number of hydrogen-bond acceptors (Lipinski definition) is 6. The summed E-state index contributed by atoms with van der Waals surface area (Å²) in [5.74, 6) is 0.404. The zero-order chi connectivity index (χ0) is 21.8. The number of fused-ring (bicyclic) bond motifs is 1. The van der Waals surface area contributed by atoms with Gasteiger partial charge in [-0.15, -0.1) is 0 Å². The van der Waals surface area contributed by atoms with Crippen LogP contribution in [-0.2, 0) is 4.79 Å². The Morgan fingerprint density at radius 2 is 1.50 bits per heavy atom. The number of ether oxygens (including phenoxy) is 3. The number of benzene rings is 2. The fourth-order valence-corrected chi connectivity index (χ4v) is 3.40. The third-order valence-corrected chi connectivity index (χ3v) is 5.01. The van der Waals surface area contributed by atoms with Crippen LogP contribution in [0.2, 0.25) is 0 Å². The molecule has 1 aliphatic rings. The molecule has 158 valence electrons. The molecule has 3 rings (SSSR count). The van der Waals surface area contributed by atoms with E-state index in [1.807, 2.05) is 6.92 Å². The standard InChI is InChI=1S/C22H24N2O6/c1-13(14-11-17(28-2)20(30-4)18(12-14)29-3)23-19(25)9-10-24-21(26)15-7-5-6-8-16(15)22(24)27/h5-8,11-13H,9-10H2,1-4H3,(H,23,25)/t13-/m1/s1. The molecule has 0 unspecified atom stereocenters. The number of nitrogens with one attached hydrogen (secondary N) is 1. The molecule has 3 amide bonds. The molecule has 1 N–H and O–H groups in total. The minimum Gasteiger partial charge on any atom is -0.493 e. The maximum Gasteiger partial charge on any atom is 0.261 e. The van der Waals surface area contributed by atoms with E-state index in [9.17, 15) is 14.4 Å². The van der Waals surface area contributed by atoms with Gasteiger partial charge in [-0.2, -0.15) is 0 Å². The van der Waals surface area contributed by atoms with Crippen LogP contribution in [0.25, 0.3) is 0 Å². The summed E-state index contributed by atoms with van der Waals surface area (Å²) in [5.41, 5.74) is 1.50. The number of nitrogens with zero attached hydrogens (tertiary/aromatic N) is 1. The summed E-state index contributed by atoms with van der Waals surface area (Å²) >= 11 is 0. The van der Waals surface area contributed by atoms with Gasteiger partial charge in [-0.25, -0.2) is 0 Å². The van der Waals surface area contributed by atoms with Gasteiger partial charge >= 0.3 is 0 Å². The molecule has 0 bridgehead atoms. The lowest BCUT2D eigenvalue weighted by Gasteiger charge is -2.19. The molecule has 8 heteroatoms. The van der Waals surface area contributed by atoms with Crippen molar-refractivity contribution in [3.05, 3.63) is 53.1 Å². The minimum atomic E-state index is -0.374. The lowest BCUT2D eigenvalue weighted by molar-refractivity contribution is -0.121. The average Bonchev–Trinajstić information content (AvgIpc) is 3.01. The Labute approximate surface area is 174 Å². The summed E-state index contributed by atoms with van der Waals surface area (Å²) < 4.78 is 16.0. The number of imide groups is 1. The van der Waals surface area contributed by atoms with Crippen molar-refractivity contribution >= 4 is 17.7 Å². The van der Waals surface area contributed by atoms with E-state index in [0.29, 0.717) is 28.4 Å². The molecule has 1 aliphatic heterocycles. The maximum absolute atomic E-state index is 12.5. The van der Waals surface area contributed by atoms with Gasteiger partial charge in [0.2, 0.25) is 11.7 Å². The molecule has 0 spiro atoms. The number of carbonyl (C=O) groups is 3. The van der Waals surface area contributed by atoms with E-state index < -0.39 is 0 Å². The van der Waals surface area contributed by atoms with Crippen molar-refractivity contribution in [3.8, 4) is 17.2 Å². The second kappa shape index (κ2) is 8.86. The van der Waals surface area contributed by atoms with Crippen LogP contribution >= 0.6 is 0 Å². The van der Waals surface area contributed by atoms with Crippen LogP contribution in [0.3, 0.4) is 0 Å². The summed E-state index contributed by atoms with van der Waals surface area (Å²) in [4.78, 5) is 38.4. The molecule has 0 aliphatic carbocycles. The van der Waals surface area contributed by atoms with Crippen LogP contribution in [-0.4, -0.2) is 50.5 Å². The van der Waals surface area contributed by atoms with Crippen LogP contribution < -0.4 is 19.5 Å². The van der Waals surface area contributed by atoms with Gasteiger partial charge in [0.1, 0.15) is 0 Å². The summed E-state index contributed by atoms with van der Waals surface area (Å²) in [6.07, 6.45) is 0.000231. The second-order valence-electron chi connectivity index (χ2n) is 6.81. The van der Waals surface area contributed by atoms with Gasteiger partial charge in [-0.05, 0) is 36.8 Å². The largest absolute Gasteiger partial charge is 0.493 e. The van der Waals surface area contributed by atoms with Gasteiger partial charge in [-0.3, -0.25) is 19.3 Å². The molecule has 0 saturated carbocycles. The molecule has 30 heavy (non-hydrogen) atoms. The van der Waals surface area contributed by atoms with E-state index in [4.69, 9.17) is 14.2 Å². The van der Waals surface area contributed by atoms with E-state index >= 15 is 0 Å². The van der Waals surface area contributed by atoms with Crippen LogP contribution in [0.15, 0.2) is 36.4 Å². The highest BCUT2D eigenvalue weighted by Crippen LogP contribution is 2.39. The monoisotopic (exact) mass is 412 g/mol. The van der Waals surface area contributed by atoms with E-state index in [1.54, 1.807) is 36.4 Å². The molecular weight excluding hydrogens is 388 g/mol. The number of amides is 3. The molecule has 8 nitrogen and oxygen atoms in total. The topological polar surface area (TPSA) is 94.2 Å². The van der Waals surface area contributed by atoms with Crippen LogP contribution in [0.5, 0.6) is 17.2 Å². The van der Waals surface area contributed by atoms with Crippen LogP contribution in [0.1, 0.15) is 45.7 Å². The summed E-state index contributed by atoms with van der Waals surface area (Å²) in [6.45, 7) is 1.83. The van der Waals surface area contributed by atoms with Crippen molar-refractivity contribution in [2.45, 2.75) is 19.4 Å². The third kappa shape index (κ3) is 3.94. The van der Waals surface area contributed by atoms with Gasteiger partial charge < -0.3 is 19.5 Å². The zero-order valence-corrected chi connectivity index (χ0v) is 17.4. The van der Waals surface area contributed by atoms with Crippen molar-refractivity contribution < 1.29 is 28.6 Å². The average molecular weight is 412 g/mol. The fraction of sp³-hybridized carbons (Fsp3) is 0.318. The van der Waals surface area contributed by atoms with Crippen molar-refractivity contribution in [1.29, 1.82) is 0 Å². The third-order valence-electron chi connectivity index (χ3n) is 5.01. The Morgan fingerprint density at radius 3 is 1.97 bits per heavy atom. The van der Waals surface area contributed by atoms with Crippen molar-refractivity contribution in [2.24, 2.45) is 0 Å². The first-order valence-electron chi connectivity index (χ1n) is 9.45. The molecule has 2 aromatic carbocycles. The number of carbonyl (C=O) groups excluding carboxylic acids is 3. The highest BCUT2D eigenvalue weighted by atomic mass is 16.5. The number of rotatable bonds is 8. The highest BCUT2D eigenvalue weighted by molar-refractivity contribution is 6.21. The molecule has 2 aromatic rings. The Kier molecular flexibility index (Phi) is 6.25. The first-order valence-corrected chi connectivity index (χ1v) is 9.45. The normalized spacial score (nSPS) is 13.7. The van der Waals surface area contributed by atoms with Gasteiger partial charge in [0, 0.05) is 13.0 Å². The van der Waals surface area contributed by atoms with Crippen molar-refractivity contribution in [2.75, 3.05) is 27.9 Å². The Bertz CT molecular complexity index is 927. The fourth-order valence-electron chi connectivity index (χ4n) is 3.40. The Balaban J connectivity index is 1.65. The van der Waals surface area contributed by atoms with E-state index in [0.717, 1.165) is 10.5 Å². The molecular formula is C22H24N2O6. The lowest BCUT2D eigenvalue weighted by atomic mass is 10.1. The summed E-state index contributed by atoms with van der Waals surface area (Å²) in [7, 11) is 4.56. The lowest BCUT2D eigenvalue weighted by Crippen LogP contribution is -2.35. The van der Waals surface area contributed by atoms with Gasteiger partial charge in [0.05, 0.1) is 38.5 Å². The van der Waals surface area contributed by atoms with Gasteiger partial charge in [-0.1, -0.05) is 12.1 Å². The smallest absolute Gasteiger partial charge is 0.261 e. The minimum absolute atomic E-state index is 0.000231. The molecule has 1 heterocycles. The van der Waals surface area contributed by atoms with E-state index in [2.05, 4.69) is 5.32 Å². The first-order chi connectivity index (χ1) is 14.4. The second-order valence-corrected chi connectivity index (χ2v) is 6.81. The van der Waals surface area contributed by atoms with E-state index in [1.165, 1.54) is 21.3 Å². The quantitative estimate of drug-likeness (QED) is 0.670. The maximum atomic E-state index is 12.5. The predicted octanol–water partition coefficient (Wildman–Crippen LogP) is 2.58. The molecule has 0 aromatic heterocycles. The SMILES string of the molecule is COc1cc([C@@H](C)NC(=O)CCN2C(=O)c3ccccc3C2=O)cc(OC)c1OC. The number of hydrogen-bond donors (Lipinski definition) is 1. The Morgan fingerprint density at radius 1 is 0.967 bits per heavy atom. The molecule has 1 atom stereocenters. The zero-order valence-electron chi connectivity index (χ0n) is 17.4. The van der Waals surface area contributed by atoms with Crippen LogP contribution in [0, 0.1) is 0 Å². The van der Waals surface area contributed by atoms with Gasteiger partial charge in [0.15, 0.2) is 11.5 Å². The number of methoxy groups -OCH3 is 3. The van der Waals surface area contributed by atoms with Crippen molar-refractivity contribution in [3.63, 3.8) is 0 Å². The van der Waals surface area contributed by atoms with Crippen molar-refractivity contribution in [1.82, 2.24) is 10.2 Å². The Hall–Kier alpha value is -3.55. The van der Waals surface area contributed by atoms with Crippen LogP contribution in [0.4, 0.5) is 0 Å². The van der Waals surface area contributed by atoms with Gasteiger partial charge in [0.25, 0.3) is 11.8 Å². The van der Waals surface area contributed by atoms with E-state index in [-0.39, 0.29) is 36.7 Å². The summed E-state index contributed by atoms with van der Waals surface area (Å²) in [5, 5.41) is 2.87. The highest BCUT2D eigenvalue weighted by Gasteiger charge is 2.35. The molecule has 0 fully saturated rings. The summed E-state index contributed by atoms with van der Waals surface area (Å²) in [6, 6.07) is 9.81.